The number of nitrogens with zero attached hydrogens (tertiary/aromatic N) is 1. The number of likely N-dealkylation sites (tertiary alicyclic amines) is 1. The number of amides is 1. The van der Waals surface area contributed by atoms with Gasteiger partial charge in [-0.3, -0.25) is 4.79 Å². The van der Waals surface area contributed by atoms with Crippen molar-refractivity contribution in [3.05, 3.63) is 70.8 Å². The summed E-state index contributed by atoms with van der Waals surface area (Å²) in [6, 6.07) is 15.5. The minimum absolute atomic E-state index is 0.180. The molecular weight excluding hydrogens is 487 g/mol. The van der Waals surface area contributed by atoms with Gasteiger partial charge < -0.3 is 15.5 Å². The fraction of sp³-hybridized carbons (Fsp3) is 0.581. The molecule has 3 aliphatic heterocycles. The van der Waals surface area contributed by atoms with Crippen molar-refractivity contribution in [2.75, 3.05) is 26.2 Å². The Morgan fingerprint density at radius 1 is 0.921 bits per heavy atom. The number of carbonyl (C=O) groups excluding carboxylic acids is 1. The third-order valence-corrected chi connectivity index (χ3v) is 10.1. The summed E-state index contributed by atoms with van der Waals surface area (Å²) in [5.41, 5.74) is 1.41. The second kappa shape index (κ2) is 10.3. The maximum absolute atomic E-state index is 14.5. The largest absolute Gasteiger partial charge is 0.416 e. The van der Waals surface area contributed by atoms with Crippen LogP contribution in [0.15, 0.2) is 48.5 Å². The molecule has 3 fully saturated rings. The molecule has 0 radical (unpaired) electrons. The second-order valence-electron chi connectivity index (χ2n) is 12.1. The molecule has 4 N–H and O–H groups in total. The number of benzene rings is 2. The van der Waals surface area contributed by atoms with E-state index in [1.165, 1.54) is 43.7 Å². The predicted octanol–water partition coefficient (Wildman–Crippen LogP) is 3.57. The molecule has 1 spiro atoms. The Morgan fingerprint density at radius 2 is 1.68 bits per heavy atom. The Kier molecular flexibility index (Phi) is 7.02. The lowest BCUT2D eigenvalue weighted by atomic mass is 9.67. The van der Waals surface area contributed by atoms with E-state index >= 15 is 0 Å². The molecule has 7 heteroatoms. The van der Waals surface area contributed by atoms with Gasteiger partial charge in [0.25, 0.3) is 0 Å². The Labute approximate surface area is 223 Å². The lowest BCUT2D eigenvalue weighted by Gasteiger charge is -2.47. The number of carbonyl (C=O) groups is 1. The van der Waals surface area contributed by atoms with E-state index in [4.69, 9.17) is 0 Å². The molecule has 2 aromatic carbocycles. The molecule has 2 saturated heterocycles. The van der Waals surface area contributed by atoms with Crippen LogP contribution in [0, 0.1) is 11.8 Å². The van der Waals surface area contributed by atoms with Gasteiger partial charge in [-0.25, -0.2) is 0 Å². The zero-order valence-electron chi connectivity index (χ0n) is 22.1. The van der Waals surface area contributed by atoms with Gasteiger partial charge in [0, 0.05) is 18.2 Å². The number of hydrogen-bond acceptors (Lipinski definition) is 1. The molecule has 38 heavy (non-hydrogen) atoms. The molecule has 2 aromatic rings. The molecule has 4 aliphatic rings. The van der Waals surface area contributed by atoms with Crippen molar-refractivity contribution in [1.29, 1.82) is 0 Å². The van der Waals surface area contributed by atoms with E-state index in [0.717, 1.165) is 24.9 Å². The van der Waals surface area contributed by atoms with E-state index in [-0.39, 0.29) is 17.9 Å². The maximum Gasteiger partial charge on any atom is 0.416 e. The lowest BCUT2D eigenvalue weighted by molar-refractivity contribution is -0.691. The van der Waals surface area contributed by atoms with Crippen LogP contribution >= 0.6 is 0 Å². The molecule has 4 nitrogen and oxygen atoms in total. The zero-order valence-corrected chi connectivity index (χ0v) is 22.1. The summed E-state index contributed by atoms with van der Waals surface area (Å²) in [6.45, 7) is 3.05. The van der Waals surface area contributed by atoms with Crippen LogP contribution in [0.1, 0.15) is 73.1 Å². The highest BCUT2D eigenvalue weighted by atomic mass is 19.4. The Morgan fingerprint density at radius 3 is 2.45 bits per heavy atom. The molecule has 4 atom stereocenters. The fourth-order valence-electron chi connectivity index (χ4n) is 8.32. The van der Waals surface area contributed by atoms with E-state index in [2.05, 4.69) is 40.5 Å². The van der Waals surface area contributed by atoms with Crippen molar-refractivity contribution in [2.24, 2.45) is 11.8 Å². The standard InChI is InChI=1S/C31H38F3N3O/c32-31(33,34)26-13-7-12-25-24(26)17-35-19-30(25)20-36-18-27(30)29(38)37-15-14-23(21-8-3-1-4-9-21)16-28(37)22-10-5-2-6-11-22/h1,3-4,7-9,12-13,22-23,27-28,35-36H,2,5-6,10-11,14-20H2/p+2/t23-,27?,28+,30+/m1/s1. The van der Waals surface area contributed by atoms with E-state index in [9.17, 15) is 18.0 Å². The molecule has 1 unspecified atom stereocenters. The van der Waals surface area contributed by atoms with Gasteiger partial charge in [0.15, 0.2) is 0 Å². The lowest BCUT2D eigenvalue weighted by Crippen LogP contribution is -2.91. The molecule has 1 saturated carbocycles. The molecule has 1 amide bonds. The van der Waals surface area contributed by atoms with Gasteiger partial charge in [0.2, 0.25) is 5.91 Å². The van der Waals surface area contributed by atoms with E-state index in [0.29, 0.717) is 43.6 Å². The van der Waals surface area contributed by atoms with Crippen molar-refractivity contribution in [2.45, 2.75) is 75.0 Å². The highest BCUT2D eigenvalue weighted by molar-refractivity contribution is 5.82. The Bertz CT molecular complexity index is 1150. The Balaban J connectivity index is 1.32. The SMILES string of the molecule is O=C(C1C[NH2+]C[C@]12C[NH2+]Cc1c(C(F)(F)F)cccc12)N1CC[C@@H](c2ccccc2)C[C@H]1C1CCCCC1. The average Bonchev–Trinajstić information content (AvgIpc) is 3.36. The summed E-state index contributed by atoms with van der Waals surface area (Å²) in [4.78, 5) is 16.7. The van der Waals surface area contributed by atoms with Crippen LogP contribution in [-0.4, -0.2) is 43.0 Å². The van der Waals surface area contributed by atoms with Crippen LogP contribution in [0.25, 0.3) is 0 Å². The molecule has 204 valence electrons. The predicted molar refractivity (Wildman–Crippen MR) is 139 cm³/mol. The van der Waals surface area contributed by atoms with Gasteiger partial charge in [0.1, 0.15) is 17.9 Å². The van der Waals surface area contributed by atoms with Crippen molar-refractivity contribution in [3.8, 4) is 0 Å². The number of nitrogens with two attached hydrogens (primary N) is 2. The fourth-order valence-corrected chi connectivity index (χ4v) is 8.32. The minimum Gasteiger partial charge on any atom is -0.345 e. The first-order valence-electron chi connectivity index (χ1n) is 14.6. The number of piperidine rings is 1. The average molecular weight is 528 g/mol. The van der Waals surface area contributed by atoms with Crippen LogP contribution in [0.3, 0.4) is 0 Å². The quantitative estimate of drug-likeness (QED) is 0.630. The van der Waals surface area contributed by atoms with Crippen molar-refractivity contribution in [3.63, 3.8) is 0 Å². The highest BCUT2D eigenvalue weighted by Crippen LogP contribution is 2.44. The minimum atomic E-state index is -4.38. The van der Waals surface area contributed by atoms with E-state index in [1.807, 2.05) is 11.4 Å². The van der Waals surface area contributed by atoms with Gasteiger partial charge in [-0.1, -0.05) is 61.7 Å². The Hall–Kier alpha value is -2.38. The van der Waals surface area contributed by atoms with E-state index < -0.39 is 17.2 Å². The number of quaternary nitrogens is 2. The van der Waals surface area contributed by atoms with Crippen LogP contribution in [0.4, 0.5) is 13.2 Å². The summed E-state index contributed by atoms with van der Waals surface area (Å²) >= 11 is 0. The third-order valence-electron chi connectivity index (χ3n) is 10.1. The summed E-state index contributed by atoms with van der Waals surface area (Å²) in [6.07, 6.45) is 3.62. The molecule has 0 aromatic heterocycles. The van der Waals surface area contributed by atoms with Gasteiger partial charge >= 0.3 is 6.18 Å². The van der Waals surface area contributed by atoms with Crippen LogP contribution in [-0.2, 0) is 22.9 Å². The first-order chi connectivity index (χ1) is 18.4. The number of rotatable bonds is 3. The van der Waals surface area contributed by atoms with Gasteiger partial charge in [-0.05, 0) is 54.7 Å². The zero-order chi connectivity index (χ0) is 26.3. The molecule has 6 rings (SSSR count). The van der Waals surface area contributed by atoms with E-state index in [1.54, 1.807) is 6.07 Å². The molecule has 3 heterocycles. The van der Waals surface area contributed by atoms with Crippen molar-refractivity contribution >= 4 is 5.91 Å². The molecular formula is C31H40F3N3O+2. The summed E-state index contributed by atoms with van der Waals surface area (Å²) in [5, 5.41) is 4.16. The smallest absolute Gasteiger partial charge is 0.345 e. The van der Waals surface area contributed by atoms with Gasteiger partial charge in [-0.2, -0.15) is 13.2 Å². The first-order valence-corrected chi connectivity index (χ1v) is 14.6. The third kappa shape index (κ3) is 4.56. The van der Waals surface area contributed by atoms with Crippen molar-refractivity contribution in [1.82, 2.24) is 4.90 Å². The monoisotopic (exact) mass is 527 g/mol. The normalized spacial score (nSPS) is 30.4. The van der Waals surface area contributed by atoms with Crippen LogP contribution < -0.4 is 10.6 Å². The number of fused-ring (bicyclic) bond motifs is 2. The summed E-state index contributed by atoms with van der Waals surface area (Å²) < 4.78 is 41.8. The van der Waals surface area contributed by atoms with Crippen LogP contribution in [0.5, 0.6) is 0 Å². The molecule has 0 bridgehead atoms. The first kappa shape index (κ1) is 25.9. The number of halogens is 3. The second-order valence-corrected chi connectivity index (χ2v) is 12.1. The maximum atomic E-state index is 14.5. The van der Waals surface area contributed by atoms with Gasteiger partial charge in [0.05, 0.1) is 25.2 Å². The van der Waals surface area contributed by atoms with Crippen molar-refractivity contribution < 1.29 is 28.6 Å². The summed E-state index contributed by atoms with van der Waals surface area (Å²) in [5.74, 6) is 0.858. The highest BCUT2D eigenvalue weighted by Gasteiger charge is 2.58. The van der Waals surface area contributed by atoms with Crippen LogP contribution in [0.2, 0.25) is 0 Å². The topological polar surface area (TPSA) is 53.5 Å². The number of hydrogen-bond donors (Lipinski definition) is 2. The van der Waals surface area contributed by atoms with Gasteiger partial charge in [-0.15, -0.1) is 0 Å². The number of alkyl halides is 3. The summed E-state index contributed by atoms with van der Waals surface area (Å²) in [7, 11) is 0. The molecule has 1 aliphatic carbocycles.